The van der Waals surface area contributed by atoms with Crippen LogP contribution in [0.3, 0.4) is 0 Å². The number of hydrogen-bond acceptors (Lipinski definition) is 4. The van der Waals surface area contributed by atoms with Crippen LogP contribution in [-0.4, -0.2) is 31.1 Å². The maximum atomic E-state index is 5.80. The predicted octanol–water partition coefficient (Wildman–Crippen LogP) is 1.77. The number of rotatable bonds is 3. The number of piperazine rings is 1. The van der Waals surface area contributed by atoms with Crippen molar-refractivity contribution >= 4 is 21.4 Å². The molecule has 0 unspecified atom stereocenters. The third-order valence-corrected chi connectivity index (χ3v) is 4.70. The van der Waals surface area contributed by atoms with Crippen molar-refractivity contribution in [2.24, 2.45) is 5.73 Å². The van der Waals surface area contributed by atoms with Gasteiger partial charge in [-0.3, -0.25) is 4.90 Å². The van der Waals surface area contributed by atoms with Crippen molar-refractivity contribution < 1.29 is 0 Å². The van der Waals surface area contributed by atoms with Gasteiger partial charge in [0.15, 0.2) is 0 Å². The molecule has 1 aromatic heterocycles. The van der Waals surface area contributed by atoms with Crippen LogP contribution < -0.4 is 11.1 Å². The number of thiophene rings is 1. The Kier molecular flexibility index (Phi) is 3.61. The highest BCUT2D eigenvalue weighted by Crippen LogP contribution is 2.29. The lowest BCUT2D eigenvalue weighted by molar-refractivity contribution is 0.235. The number of nitrogens with two attached hydrogens (primary N) is 1. The summed E-state index contributed by atoms with van der Waals surface area (Å²) in [6.45, 7) is 6.23. The molecule has 0 radical (unpaired) electrons. The fraction of sp³-hybridized carbons (Fsp3) is 0.429. The lowest BCUT2D eigenvalue weighted by Gasteiger charge is -2.26. The normalized spacial score (nSPS) is 17.4. The Morgan fingerprint density at radius 2 is 2.11 bits per heavy atom. The molecule has 2 aromatic rings. The summed E-state index contributed by atoms with van der Waals surface area (Å²) in [6.07, 6.45) is 0. The van der Waals surface area contributed by atoms with Gasteiger partial charge < -0.3 is 11.1 Å². The first kappa shape index (κ1) is 12.1. The lowest BCUT2D eigenvalue weighted by atomic mass is 10.1. The number of nitrogens with zero attached hydrogens (tertiary/aromatic N) is 1. The molecule has 18 heavy (non-hydrogen) atoms. The van der Waals surface area contributed by atoms with E-state index in [9.17, 15) is 0 Å². The molecular formula is C14H19N3S. The van der Waals surface area contributed by atoms with Crippen LogP contribution in [0, 0.1) is 0 Å². The third-order valence-electron chi connectivity index (χ3n) is 3.49. The van der Waals surface area contributed by atoms with Gasteiger partial charge in [-0.1, -0.05) is 18.2 Å². The second-order valence-corrected chi connectivity index (χ2v) is 5.92. The van der Waals surface area contributed by atoms with Crippen LogP contribution in [0.1, 0.15) is 10.4 Å². The molecule has 1 saturated heterocycles. The molecule has 3 N–H and O–H groups in total. The highest BCUT2D eigenvalue weighted by atomic mass is 32.1. The standard InChI is InChI=1S/C14H19N3S/c15-9-12-3-1-2-11-8-13(18-14(11)12)10-17-6-4-16-5-7-17/h1-3,8,16H,4-7,9-10,15H2. The zero-order chi connectivity index (χ0) is 12.4. The first-order valence-corrected chi connectivity index (χ1v) is 7.32. The van der Waals surface area contributed by atoms with Gasteiger partial charge in [0.25, 0.3) is 0 Å². The summed E-state index contributed by atoms with van der Waals surface area (Å²) in [5.74, 6) is 0. The second-order valence-electron chi connectivity index (χ2n) is 4.78. The first-order valence-electron chi connectivity index (χ1n) is 6.50. The van der Waals surface area contributed by atoms with Crippen LogP contribution in [0.15, 0.2) is 24.3 Å². The van der Waals surface area contributed by atoms with Gasteiger partial charge in [-0.15, -0.1) is 11.3 Å². The van der Waals surface area contributed by atoms with E-state index in [0.29, 0.717) is 6.54 Å². The average molecular weight is 261 g/mol. The van der Waals surface area contributed by atoms with Gasteiger partial charge in [0.05, 0.1) is 0 Å². The molecule has 0 bridgehead atoms. The number of nitrogens with one attached hydrogen (secondary N) is 1. The summed E-state index contributed by atoms with van der Waals surface area (Å²) < 4.78 is 1.37. The first-order chi connectivity index (χ1) is 8.86. The average Bonchev–Trinajstić information content (AvgIpc) is 2.82. The fourth-order valence-corrected chi connectivity index (χ4v) is 3.73. The molecule has 0 amide bonds. The summed E-state index contributed by atoms with van der Waals surface area (Å²) in [6, 6.07) is 8.74. The van der Waals surface area contributed by atoms with Gasteiger partial charge >= 0.3 is 0 Å². The predicted molar refractivity (Wildman–Crippen MR) is 77.9 cm³/mol. The van der Waals surface area contributed by atoms with Crippen molar-refractivity contribution in [1.29, 1.82) is 0 Å². The molecule has 1 aromatic carbocycles. The van der Waals surface area contributed by atoms with Gasteiger partial charge in [-0.2, -0.15) is 0 Å². The monoisotopic (exact) mass is 261 g/mol. The Balaban J connectivity index is 1.84. The number of fused-ring (bicyclic) bond motifs is 1. The molecule has 96 valence electrons. The SMILES string of the molecule is NCc1cccc2cc(CN3CCNCC3)sc12. The second kappa shape index (κ2) is 5.36. The van der Waals surface area contributed by atoms with Crippen molar-refractivity contribution in [3.8, 4) is 0 Å². The van der Waals surface area contributed by atoms with E-state index in [2.05, 4.69) is 34.5 Å². The van der Waals surface area contributed by atoms with E-state index >= 15 is 0 Å². The molecule has 0 spiro atoms. The summed E-state index contributed by atoms with van der Waals surface area (Å²) in [5, 5.41) is 4.73. The third kappa shape index (κ3) is 2.42. The van der Waals surface area contributed by atoms with Gasteiger partial charge in [-0.05, 0) is 17.0 Å². The van der Waals surface area contributed by atoms with Crippen LogP contribution in [0.4, 0.5) is 0 Å². The van der Waals surface area contributed by atoms with Crippen molar-refractivity contribution in [3.05, 3.63) is 34.7 Å². The minimum Gasteiger partial charge on any atom is -0.326 e. The maximum Gasteiger partial charge on any atom is 0.0391 e. The summed E-state index contributed by atoms with van der Waals surface area (Å²) in [7, 11) is 0. The zero-order valence-corrected chi connectivity index (χ0v) is 11.3. The van der Waals surface area contributed by atoms with Crippen molar-refractivity contribution in [3.63, 3.8) is 0 Å². The smallest absolute Gasteiger partial charge is 0.0391 e. The molecule has 3 rings (SSSR count). The van der Waals surface area contributed by atoms with Gasteiger partial charge in [0.1, 0.15) is 0 Å². The Hall–Kier alpha value is -0.940. The molecule has 1 aliphatic heterocycles. The summed E-state index contributed by atoms with van der Waals surface area (Å²) >= 11 is 1.90. The number of hydrogen-bond donors (Lipinski definition) is 2. The summed E-state index contributed by atoms with van der Waals surface area (Å²) in [5.41, 5.74) is 7.07. The lowest BCUT2D eigenvalue weighted by Crippen LogP contribution is -2.42. The van der Waals surface area contributed by atoms with Crippen LogP contribution in [-0.2, 0) is 13.1 Å². The van der Waals surface area contributed by atoms with Gasteiger partial charge in [0.2, 0.25) is 0 Å². The van der Waals surface area contributed by atoms with E-state index in [-0.39, 0.29) is 0 Å². The highest BCUT2D eigenvalue weighted by Gasteiger charge is 2.12. The number of benzene rings is 1. The Morgan fingerprint density at radius 3 is 2.89 bits per heavy atom. The quantitative estimate of drug-likeness (QED) is 0.884. The molecule has 4 heteroatoms. The maximum absolute atomic E-state index is 5.80. The Bertz CT molecular complexity index is 529. The molecule has 3 nitrogen and oxygen atoms in total. The van der Waals surface area contributed by atoms with Gasteiger partial charge in [-0.25, -0.2) is 0 Å². The molecular weight excluding hydrogens is 242 g/mol. The molecule has 0 aliphatic carbocycles. The van der Waals surface area contributed by atoms with Crippen molar-refractivity contribution in [1.82, 2.24) is 10.2 Å². The molecule has 0 atom stereocenters. The van der Waals surface area contributed by atoms with E-state index in [1.165, 1.54) is 20.5 Å². The van der Waals surface area contributed by atoms with E-state index in [0.717, 1.165) is 32.7 Å². The molecule has 2 heterocycles. The van der Waals surface area contributed by atoms with E-state index in [4.69, 9.17) is 5.73 Å². The van der Waals surface area contributed by atoms with Crippen LogP contribution in [0.25, 0.3) is 10.1 Å². The molecule has 0 saturated carbocycles. The Labute approximate surface area is 112 Å². The fourth-order valence-electron chi connectivity index (χ4n) is 2.51. The summed E-state index contributed by atoms with van der Waals surface area (Å²) in [4.78, 5) is 3.97. The van der Waals surface area contributed by atoms with E-state index in [1.807, 2.05) is 11.3 Å². The minimum absolute atomic E-state index is 0.630. The topological polar surface area (TPSA) is 41.3 Å². The molecule has 1 aliphatic rings. The highest BCUT2D eigenvalue weighted by molar-refractivity contribution is 7.19. The molecule has 1 fully saturated rings. The van der Waals surface area contributed by atoms with E-state index in [1.54, 1.807) is 0 Å². The zero-order valence-electron chi connectivity index (χ0n) is 10.5. The minimum atomic E-state index is 0.630. The Morgan fingerprint density at radius 1 is 1.28 bits per heavy atom. The van der Waals surface area contributed by atoms with Crippen molar-refractivity contribution in [2.75, 3.05) is 26.2 Å². The van der Waals surface area contributed by atoms with E-state index < -0.39 is 0 Å². The largest absolute Gasteiger partial charge is 0.326 e. The van der Waals surface area contributed by atoms with Crippen LogP contribution in [0.5, 0.6) is 0 Å². The van der Waals surface area contributed by atoms with Gasteiger partial charge in [0, 0.05) is 48.8 Å². The van der Waals surface area contributed by atoms with Crippen molar-refractivity contribution in [2.45, 2.75) is 13.1 Å². The van der Waals surface area contributed by atoms with Crippen LogP contribution >= 0.6 is 11.3 Å². The van der Waals surface area contributed by atoms with Crippen LogP contribution in [0.2, 0.25) is 0 Å².